The van der Waals surface area contributed by atoms with Gasteiger partial charge >= 0.3 is 0 Å². The average Bonchev–Trinajstić information content (AvgIpc) is 2.45. The Morgan fingerprint density at radius 2 is 1.52 bits per heavy atom. The van der Waals surface area contributed by atoms with E-state index in [1.54, 1.807) is 0 Å². The fourth-order valence-electron chi connectivity index (χ4n) is 4.21. The number of hydrogen-bond donors (Lipinski definition) is 1. The molecule has 4 heteroatoms. The van der Waals surface area contributed by atoms with Crippen LogP contribution in [0.5, 0.6) is 0 Å². The molecule has 0 amide bonds. The van der Waals surface area contributed by atoms with Crippen molar-refractivity contribution in [1.82, 2.24) is 14.7 Å². The van der Waals surface area contributed by atoms with Crippen LogP contribution in [0.2, 0.25) is 0 Å². The molecule has 0 aromatic rings. The van der Waals surface area contributed by atoms with Crippen molar-refractivity contribution in [3.05, 3.63) is 0 Å². The van der Waals surface area contributed by atoms with E-state index in [1.807, 2.05) is 0 Å². The monoisotopic (exact) mass is 325 g/mol. The van der Waals surface area contributed by atoms with E-state index in [-0.39, 0.29) is 5.54 Å². The van der Waals surface area contributed by atoms with Crippen molar-refractivity contribution in [3.8, 4) is 0 Å². The van der Waals surface area contributed by atoms with Gasteiger partial charge < -0.3 is 10.0 Å². The lowest BCUT2D eigenvalue weighted by molar-refractivity contribution is -0.0237. The van der Waals surface area contributed by atoms with Gasteiger partial charge in [-0.2, -0.15) is 0 Å². The molecule has 2 unspecified atom stereocenters. The van der Waals surface area contributed by atoms with Crippen molar-refractivity contribution in [2.45, 2.75) is 59.5 Å². The lowest BCUT2D eigenvalue weighted by atomic mass is 9.88. The molecule has 136 valence electrons. The van der Waals surface area contributed by atoms with Crippen LogP contribution in [0.15, 0.2) is 0 Å². The molecule has 0 radical (unpaired) electrons. The second-order valence-corrected chi connectivity index (χ2v) is 9.79. The predicted molar refractivity (Wildman–Crippen MR) is 97.8 cm³/mol. The summed E-state index contributed by atoms with van der Waals surface area (Å²) >= 11 is 0. The summed E-state index contributed by atoms with van der Waals surface area (Å²) in [5, 5.41) is 9.92. The first kappa shape index (κ1) is 19.2. The van der Waals surface area contributed by atoms with Gasteiger partial charge in [0, 0.05) is 69.9 Å². The number of nitrogens with zero attached hydrogens (tertiary/aromatic N) is 3. The molecule has 23 heavy (non-hydrogen) atoms. The number of rotatable bonds is 3. The SMILES string of the molecule is CC(C)(C)CN1CCN(C2CCN(C(C)(C)C)CC2CO)CC1. The molecule has 2 saturated heterocycles. The lowest BCUT2D eigenvalue weighted by Gasteiger charge is -2.49. The van der Waals surface area contributed by atoms with Crippen LogP contribution in [-0.4, -0.2) is 83.8 Å². The van der Waals surface area contributed by atoms with Gasteiger partial charge in [-0.05, 0) is 32.6 Å². The first-order chi connectivity index (χ1) is 10.6. The highest BCUT2D eigenvalue weighted by Gasteiger charge is 2.37. The van der Waals surface area contributed by atoms with Crippen molar-refractivity contribution in [2.24, 2.45) is 11.3 Å². The van der Waals surface area contributed by atoms with Crippen molar-refractivity contribution < 1.29 is 5.11 Å². The molecule has 2 rings (SSSR count). The fraction of sp³-hybridized carbons (Fsp3) is 1.00. The molecule has 2 atom stereocenters. The molecule has 0 spiro atoms. The van der Waals surface area contributed by atoms with E-state index < -0.39 is 0 Å². The molecular weight excluding hydrogens is 286 g/mol. The Hall–Kier alpha value is -0.160. The minimum atomic E-state index is 0.212. The van der Waals surface area contributed by atoms with Crippen LogP contribution in [0.4, 0.5) is 0 Å². The number of aliphatic hydroxyl groups excluding tert-OH is 1. The van der Waals surface area contributed by atoms with Gasteiger partial charge in [0.1, 0.15) is 0 Å². The molecule has 0 saturated carbocycles. The highest BCUT2D eigenvalue weighted by molar-refractivity contribution is 4.92. The van der Waals surface area contributed by atoms with Gasteiger partial charge in [0.15, 0.2) is 0 Å². The number of hydrogen-bond acceptors (Lipinski definition) is 4. The number of likely N-dealkylation sites (tertiary alicyclic amines) is 1. The second-order valence-electron chi connectivity index (χ2n) is 9.79. The number of piperazine rings is 1. The molecule has 0 aliphatic carbocycles. The van der Waals surface area contributed by atoms with Gasteiger partial charge in [-0.25, -0.2) is 0 Å². The highest BCUT2D eigenvalue weighted by Crippen LogP contribution is 2.28. The Kier molecular flexibility index (Phi) is 6.15. The van der Waals surface area contributed by atoms with Crippen molar-refractivity contribution in [1.29, 1.82) is 0 Å². The standard InChI is InChI=1S/C19H39N3O/c1-18(2,3)15-20-9-11-21(12-10-20)17-7-8-22(19(4,5)6)13-16(17)14-23/h16-17,23H,7-15H2,1-6H3. The van der Waals surface area contributed by atoms with E-state index in [4.69, 9.17) is 0 Å². The van der Waals surface area contributed by atoms with Crippen molar-refractivity contribution >= 4 is 0 Å². The Morgan fingerprint density at radius 3 is 2.00 bits per heavy atom. The lowest BCUT2D eigenvalue weighted by Crippen LogP contribution is -2.60. The minimum absolute atomic E-state index is 0.212. The van der Waals surface area contributed by atoms with E-state index in [2.05, 4.69) is 56.2 Å². The van der Waals surface area contributed by atoms with E-state index in [1.165, 1.54) is 26.1 Å². The summed E-state index contributed by atoms with van der Waals surface area (Å²) in [6.45, 7) is 22.2. The Morgan fingerprint density at radius 1 is 0.913 bits per heavy atom. The maximum Gasteiger partial charge on any atom is 0.0486 e. The summed E-state index contributed by atoms with van der Waals surface area (Å²) in [5.41, 5.74) is 0.595. The molecule has 0 bridgehead atoms. The smallest absolute Gasteiger partial charge is 0.0486 e. The van der Waals surface area contributed by atoms with E-state index in [0.717, 1.165) is 26.2 Å². The zero-order valence-corrected chi connectivity index (χ0v) is 16.3. The summed E-state index contributed by atoms with van der Waals surface area (Å²) in [6, 6.07) is 0.565. The minimum Gasteiger partial charge on any atom is -0.396 e. The topological polar surface area (TPSA) is 30.0 Å². The summed E-state index contributed by atoms with van der Waals surface area (Å²) < 4.78 is 0. The summed E-state index contributed by atoms with van der Waals surface area (Å²) in [4.78, 5) is 7.80. The van der Waals surface area contributed by atoms with Gasteiger partial charge in [0.2, 0.25) is 0 Å². The van der Waals surface area contributed by atoms with Crippen molar-refractivity contribution in [3.63, 3.8) is 0 Å². The first-order valence-electron chi connectivity index (χ1n) is 9.42. The van der Waals surface area contributed by atoms with Gasteiger partial charge in [0.05, 0.1) is 0 Å². The molecule has 4 nitrogen and oxygen atoms in total. The summed E-state index contributed by atoms with van der Waals surface area (Å²) in [5.74, 6) is 0.400. The highest BCUT2D eigenvalue weighted by atomic mass is 16.3. The largest absolute Gasteiger partial charge is 0.396 e. The van der Waals surface area contributed by atoms with Crippen LogP contribution in [0.25, 0.3) is 0 Å². The molecule has 1 N–H and O–H groups in total. The molecule has 0 aromatic heterocycles. The normalized spacial score (nSPS) is 29.9. The van der Waals surface area contributed by atoms with Crippen LogP contribution in [-0.2, 0) is 0 Å². The third-order valence-electron chi connectivity index (χ3n) is 5.45. The fourth-order valence-corrected chi connectivity index (χ4v) is 4.21. The Bertz CT molecular complexity index is 364. The molecule has 2 heterocycles. The van der Waals surface area contributed by atoms with Gasteiger partial charge in [-0.1, -0.05) is 20.8 Å². The molecule has 0 aromatic carbocycles. The first-order valence-corrected chi connectivity index (χ1v) is 9.42. The molecular formula is C19H39N3O. The summed E-state index contributed by atoms with van der Waals surface area (Å²) in [7, 11) is 0. The maximum absolute atomic E-state index is 9.92. The summed E-state index contributed by atoms with van der Waals surface area (Å²) in [6.07, 6.45) is 1.20. The Balaban J connectivity index is 1.88. The van der Waals surface area contributed by atoms with E-state index in [9.17, 15) is 5.11 Å². The molecule has 2 aliphatic rings. The maximum atomic E-state index is 9.92. The van der Waals surface area contributed by atoms with Crippen LogP contribution in [0.1, 0.15) is 48.0 Å². The third kappa shape index (κ3) is 5.42. The second kappa shape index (κ2) is 7.38. The molecule has 2 aliphatic heterocycles. The zero-order chi connectivity index (χ0) is 17.3. The van der Waals surface area contributed by atoms with Crippen LogP contribution in [0, 0.1) is 11.3 Å². The van der Waals surface area contributed by atoms with Crippen molar-refractivity contribution in [2.75, 3.05) is 52.4 Å². The van der Waals surface area contributed by atoms with Crippen LogP contribution in [0.3, 0.4) is 0 Å². The average molecular weight is 326 g/mol. The predicted octanol–water partition coefficient (Wildman–Crippen LogP) is 2.13. The molecule has 2 fully saturated rings. The third-order valence-corrected chi connectivity index (χ3v) is 5.45. The van der Waals surface area contributed by atoms with Gasteiger partial charge in [-0.15, -0.1) is 0 Å². The quantitative estimate of drug-likeness (QED) is 0.861. The zero-order valence-electron chi connectivity index (χ0n) is 16.3. The Labute approximate surface area is 143 Å². The van der Waals surface area contributed by atoms with E-state index in [0.29, 0.717) is 24.0 Å². The van der Waals surface area contributed by atoms with Gasteiger partial charge in [0.25, 0.3) is 0 Å². The van der Waals surface area contributed by atoms with Crippen LogP contribution >= 0.6 is 0 Å². The van der Waals surface area contributed by atoms with Gasteiger partial charge in [-0.3, -0.25) is 9.80 Å². The number of piperidine rings is 1. The van der Waals surface area contributed by atoms with Crippen LogP contribution < -0.4 is 0 Å². The van der Waals surface area contributed by atoms with E-state index >= 15 is 0 Å². The number of aliphatic hydroxyl groups is 1.